The summed E-state index contributed by atoms with van der Waals surface area (Å²) < 4.78 is 0. The van der Waals surface area contributed by atoms with Crippen molar-refractivity contribution in [1.29, 1.82) is 0 Å². The minimum absolute atomic E-state index is 0.635. The Labute approximate surface area is 131 Å². The molecule has 3 unspecified atom stereocenters. The zero-order valence-corrected chi connectivity index (χ0v) is 14.5. The summed E-state index contributed by atoms with van der Waals surface area (Å²) >= 11 is 0. The van der Waals surface area contributed by atoms with E-state index in [1.165, 1.54) is 51.4 Å². The smallest absolute Gasteiger partial charge is 0.0103 e. The Morgan fingerprint density at radius 2 is 1.76 bits per heavy atom. The maximum atomic E-state index is 3.59. The number of rotatable bonds is 5. The summed E-state index contributed by atoms with van der Waals surface area (Å²) in [5, 5.41) is 3.59. The second kappa shape index (κ2) is 5.31. The number of hydrogen-bond acceptors (Lipinski definition) is 1. The molecule has 4 bridgehead atoms. The van der Waals surface area contributed by atoms with Crippen molar-refractivity contribution in [2.45, 2.75) is 84.6 Å². The lowest BCUT2D eigenvalue weighted by molar-refractivity contribution is -0.150. The van der Waals surface area contributed by atoms with Crippen molar-refractivity contribution in [3.8, 4) is 11.8 Å². The molecule has 0 saturated heterocycles. The topological polar surface area (TPSA) is 12.0 Å². The number of hydrogen-bond donors (Lipinski definition) is 1. The third-order valence-electron chi connectivity index (χ3n) is 6.62. The Kier molecular flexibility index (Phi) is 3.90. The standard InChI is InChI=1S/C20H33N/c1-5-6-7-8-17(21-4)12-20-11-16-9-18(2,14-20)13-19(3,10-16)15-20/h16-17,21H,7-15H2,1-4H3. The second-order valence-electron chi connectivity index (χ2n) is 9.29. The first-order chi connectivity index (χ1) is 9.90. The normalized spacial score (nSPS) is 45.2. The van der Waals surface area contributed by atoms with E-state index in [1.54, 1.807) is 0 Å². The Balaban J connectivity index is 1.72. The predicted octanol–water partition coefficient (Wildman–Crippen LogP) is 4.76. The summed E-state index contributed by atoms with van der Waals surface area (Å²) in [6, 6.07) is 0.661. The van der Waals surface area contributed by atoms with Gasteiger partial charge in [-0.3, -0.25) is 0 Å². The summed E-state index contributed by atoms with van der Waals surface area (Å²) in [5.41, 5.74) is 1.93. The molecule has 118 valence electrons. The lowest BCUT2D eigenvalue weighted by atomic mass is 9.39. The maximum absolute atomic E-state index is 3.59. The van der Waals surface area contributed by atoms with E-state index in [1.807, 2.05) is 6.92 Å². The van der Waals surface area contributed by atoms with Gasteiger partial charge < -0.3 is 5.32 Å². The third-order valence-corrected chi connectivity index (χ3v) is 6.62. The van der Waals surface area contributed by atoms with Crippen molar-refractivity contribution < 1.29 is 0 Å². The van der Waals surface area contributed by atoms with E-state index < -0.39 is 0 Å². The first-order valence-electron chi connectivity index (χ1n) is 8.97. The van der Waals surface area contributed by atoms with Gasteiger partial charge in [-0.1, -0.05) is 13.8 Å². The molecule has 4 fully saturated rings. The van der Waals surface area contributed by atoms with Gasteiger partial charge in [-0.25, -0.2) is 0 Å². The van der Waals surface area contributed by atoms with Crippen LogP contribution in [0.4, 0.5) is 0 Å². The van der Waals surface area contributed by atoms with Gasteiger partial charge in [0.2, 0.25) is 0 Å². The van der Waals surface area contributed by atoms with E-state index in [9.17, 15) is 0 Å². The van der Waals surface area contributed by atoms with Crippen LogP contribution in [0.15, 0.2) is 0 Å². The molecule has 3 atom stereocenters. The van der Waals surface area contributed by atoms with Crippen molar-refractivity contribution in [2.24, 2.45) is 22.2 Å². The molecular formula is C20H33N. The van der Waals surface area contributed by atoms with Gasteiger partial charge in [0.15, 0.2) is 0 Å². The van der Waals surface area contributed by atoms with Gasteiger partial charge in [-0.2, -0.15) is 0 Å². The molecule has 0 amide bonds. The predicted molar refractivity (Wildman–Crippen MR) is 90.0 cm³/mol. The van der Waals surface area contributed by atoms with Gasteiger partial charge in [0.05, 0.1) is 0 Å². The highest BCUT2D eigenvalue weighted by molar-refractivity contribution is 5.11. The van der Waals surface area contributed by atoms with Crippen LogP contribution in [0.25, 0.3) is 0 Å². The lowest BCUT2D eigenvalue weighted by Gasteiger charge is -2.66. The molecular weight excluding hydrogens is 254 g/mol. The van der Waals surface area contributed by atoms with Crippen LogP contribution in [0, 0.1) is 34.0 Å². The minimum atomic E-state index is 0.635. The molecule has 4 saturated carbocycles. The molecule has 0 aromatic heterocycles. The molecule has 0 heterocycles. The molecule has 1 heteroatoms. The number of nitrogens with one attached hydrogen (secondary N) is 1. The molecule has 0 spiro atoms. The lowest BCUT2D eigenvalue weighted by Crippen LogP contribution is -2.56. The SMILES string of the molecule is CC#CCCC(CC12CC3CC(C)(CC(C)(C3)C1)C2)NC. The molecule has 4 aliphatic rings. The van der Waals surface area contributed by atoms with Crippen LogP contribution >= 0.6 is 0 Å². The van der Waals surface area contributed by atoms with E-state index in [0.717, 1.165) is 12.3 Å². The second-order valence-corrected chi connectivity index (χ2v) is 9.29. The zero-order valence-electron chi connectivity index (χ0n) is 14.5. The summed E-state index contributed by atoms with van der Waals surface area (Å²) in [5.74, 6) is 7.30. The van der Waals surface area contributed by atoms with Crippen molar-refractivity contribution in [3.05, 3.63) is 0 Å². The summed E-state index contributed by atoms with van der Waals surface area (Å²) in [4.78, 5) is 0. The highest BCUT2D eigenvalue weighted by atomic mass is 14.9. The molecule has 0 aromatic rings. The molecule has 1 nitrogen and oxygen atoms in total. The van der Waals surface area contributed by atoms with Crippen LogP contribution in [0.1, 0.15) is 78.6 Å². The first-order valence-corrected chi connectivity index (χ1v) is 8.97. The van der Waals surface area contributed by atoms with Gasteiger partial charge in [-0.05, 0) is 87.5 Å². The van der Waals surface area contributed by atoms with Crippen LogP contribution in [0.3, 0.4) is 0 Å². The third kappa shape index (κ3) is 3.02. The first kappa shape index (κ1) is 15.4. The fourth-order valence-electron chi connectivity index (χ4n) is 7.15. The Morgan fingerprint density at radius 1 is 1.10 bits per heavy atom. The van der Waals surface area contributed by atoms with E-state index in [2.05, 4.69) is 38.1 Å². The Hall–Kier alpha value is -0.480. The molecule has 0 radical (unpaired) electrons. The van der Waals surface area contributed by atoms with Crippen LogP contribution < -0.4 is 5.32 Å². The summed E-state index contributed by atoms with van der Waals surface area (Å²) in [6.07, 6.45) is 12.7. The van der Waals surface area contributed by atoms with Crippen molar-refractivity contribution in [1.82, 2.24) is 5.32 Å². The molecule has 0 aliphatic heterocycles. The highest BCUT2D eigenvalue weighted by Gasteiger charge is 2.59. The summed E-state index contributed by atoms with van der Waals surface area (Å²) in [6.45, 7) is 7.12. The molecule has 1 N–H and O–H groups in total. The van der Waals surface area contributed by atoms with Crippen molar-refractivity contribution >= 4 is 0 Å². The van der Waals surface area contributed by atoms with E-state index in [-0.39, 0.29) is 0 Å². The summed E-state index contributed by atoms with van der Waals surface area (Å²) in [7, 11) is 2.15. The van der Waals surface area contributed by atoms with Crippen LogP contribution in [-0.2, 0) is 0 Å². The minimum Gasteiger partial charge on any atom is -0.317 e. The van der Waals surface area contributed by atoms with Crippen molar-refractivity contribution in [2.75, 3.05) is 7.05 Å². The van der Waals surface area contributed by atoms with Crippen molar-refractivity contribution in [3.63, 3.8) is 0 Å². The van der Waals surface area contributed by atoms with Crippen LogP contribution in [0.2, 0.25) is 0 Å². The average Bonchev–Trinajstić information content (AvgIpc) is 2.33. The Bertz CT molecular complexity index is 436. The van der Waals surface area contributed by atoms with Gasteiger partial charge in [0.1, 0.15) is 0 Å². The van der Waals surface area contributed by atoms with E-state index in [4.69, 9.17) is 0 Å². The van der Waals surface area contributed by atoms with E-state index in [0.29, 0.717) is 22.3 Å². The maximum Gasteiger partial charge on any atom is 0.0103 e. The van der Waals surface area contributed by atoms with E-state index >= 15 is 0 Å². The Morgan fingerprint density at radius 3 is 2.29 bits per heavy atom. The monoisotopic (exact) mass is 287 g/mol. The molecule has 21 heavy (non-hydrogen) atoms. The molecule has 4 aliphatic carbocycles. The van der Waals surface area contributed by atoms with Gasteiger partial charge in [0, 0.05) is 12.5 Å². The molecule has 0 aromatic carbocycles. The average molecular weight is 287 g/mol. The zero-order chi connectivity index (χ0) is 15.1. The quantitative estimate of drug-likeness (QED) is 0.719. The van der Waals surface area contributed by atoms with Crippen LogP contribution in [-0.4, -0.2) is 13.1 Å². The van der Waals surface area contributed by atoms with Gasteiger partial charge in [-0.15, -0.1) is 11.8 Å². The van der Waals surface area contributed by atoms with Gasteiger partial charge >= 0.3 is 0 Å². The fourth-order valence-corrected chi connectivity index (χ4v) is 7.15. The highest BCUT2D eigenvalue weighted by Crippen LogP contribution is 2.70. The van der Waals surface area contributed by atoms with Crippen LogP contribution in [0.5, 0.6) is 0 Å². The largest absolute Gasteiger partial charge is 0.317 e. The van der Waals surface area contributed by atoms with Gasteiger partial charge in [0.25, 0.3) is 0 Å². The molecule has 4 rings (SSSR count). The fraction of sp³-hybridized carbons (Fsp3) is 0.900.